The Morgan fingerprint density at radius 2 is 2.03 bits per heavy atom. The molecule has 3 aromatic rings. The number of fused-ring (bicyclic) bond motifs is 1. The number of aromatic nitrogens is 2. The second kappa shape index (κ2) is 9.92. The Kier molecular flexibility index (Phi) is 7.06. The Balaban J connectivity index is 1.57. The number of carbonyl (C=O) groups is 1. The van der Waals surface area contributed by atoms with E-state index in [9.17, 15) is 4.79 Å². The van der Waals surface area contributed by atoms with Gasteiger partial charge in [-0.15, -0.1) is 0 Å². The number of nitrogens with one attached hydrogen (secondary N) is 1. The molecule has 3 rings (SSSR count). The molecule has 1 amide bonds. The summed E-state index contributed by atoms with van der Waals surface area (Å²) in [6.45, 7) is 7.62. The van der Waals surface area contributed by atoms with Gasteiger partial charge in [0, 0.05) is 25.6 Å². The van der Waals surface area contributed by atoms with Crippen molar-refractivity contribution in [2.75, 3.05) is 6.54 Å². The number of benzene rings is 2. The Bertz CT molecular complexity index is 989. The number of imidazole rings is 1. The van der Waals surface area contributed by atoms with Crippen LogP contribution in [0.4, 0.5) is 0 Å². The summed E-state index contributed by atoms with van der Waals surface area (Å²) in [5, 5.41) is 2.95. The first kappa shape index (κ1) is 20.6. The average Bonchev–Trinajstić information content (AvgIpc) is 3.04. The lowest BCUT2D eigenvalue weighted by molar-refractivity contribution is -0.116. The van der Waals surface area contributed by atoms with Crippen LogP contribution in [0.25, 0.3) is 17.1 Å². The minimum absolute atomic E-state index is 0.113. The number of rotatable bonds is 9. The van der Waals surface area contributed by atoms with E-state index in [1.165, 1.54) is 0 Å². The highest BCUT2D eigenvalue weighted by Gasteiger charge is 2.09. The fourth-order valence-electron chi connectivity index (χ4n) is 3.28. The summed E-state index contributed by atoms with van der Waals surface area (Å²) in [6, 6.07) is 15.9. The first-order valence-electron chi connectivity index (χ1n) is 10.2. The van der Waals surface area contributed by atoms with Crippen LogP contribution in [0.5, 0.6) is 5.75 Å². The normalized spacial score (nSPS) is 11.4. The van der Waals surface area contributed by atoms with Gasteiger partial charge in [-0.1, -0.05) is 31.2 Å². The number of aryl methyl sites for hydroxylation is 1. The molecular formula is C24H29N3O2. The van der Waals surface area contributed by atoms with Gasteiger partial charge < -0.3 is 14.6 Å². The van der Waals surface area contributed by atoms with Crippen molar-refractivity contribution in [2.45, 2.75) is 46.3 Å². The zero-order chi connectivity index (χ0) is 20.6. The Labute approximate surface area is 172 Å². The van der Waals surface area contributed by atoms with Gasteiger partial charge in [-0.25, -0.2) is 4.98 Å². The minimum atomic E-state index is -0.113. The Morgan fingerprint density at radius 1 is 1.21 bits per heavy atom. The third-order valence-electron chi connectivity index (χ3n) is 4.49. The van der Waals surface area contributed by atoms with Crippen molar-refractivity contribution in [1.29, 1.82) is 0 Å². The van der Waals surface area contributed by atoms with E-state index in [0.717, 1.165) is 41.1 Å². The molecule has 0 fully saturated rings. The van der Waals surface area contributed by atoms with Crippen molar-refractivity contribution in [3.8, 4) is 5.75 Å². The van der Waals surface area contributed by atoms with Crippen LogP contribution in [0.1, 0.15) is 38.6 Å². The standard InChI is InChI=1S/C24H29N3O2/c1-4-16-27-22-11-6-5-10-21(22)26-23(27)14-15-25-24(28)13-12-19-8-7-9-20(17-19)29-18(2)3/h5-13,17-18H,4,14-16H2,1-3H3,(H,25,28)/b13-12+. The van der Waals surface area contributed by atoms with E-state index in [1.807, 2.05) is 56.3 Å². The molecule has 1 heterocycles. The molecule has 0 saturated heterocycles. The second-order valence-electron chi connectivity index (χ2n) is 7.28. The number of nitrogens with zero attached hydrogens (tertiary/aromatic N) is 2. The molecule has 0 unspecified atom stereocenters. The van der Waals surface area contributed by atoms with E-state index in [0.29, 0.717) is 13.0 Å². The van der Waals surface area contributed by atoms with Crippen molar-refractivity contribution in [3.63, 3.8) is 0 Å². The van der Waals surface area contributed by atoms with Gasteiger partial charge in [0.2, 0.25) is 5.91 Å². The van der Waals surface area contributed by atoms with Crippen LogP contribution in [0.2, 0.25) is 0 Å². The molecule has 152 valence electrons. The maximum absolute atomic E-state index is 12.2. The van der Waals surface area contributed by atoms with Crippen molar-refractivity contribution in [1.82, 2.24) is 14.9 Å². The lowest BCUT2D eigenvalue weighted by Crippen LogP contribution is -2.24. The predicted octanol–water partition coefficient (Wildman–Crippen LogP) is 4.61. The highest BCUT2D eigenvalue weighted by atomic mass is 16.5. The zero-order valence-electron chi connectivity index (χ0n) is 17.4. The summed E-state index contributed by atoms with van der Waals surface area (Å²) in [4.78, 5) is 16.9. The van der Waals surface area contributed by atoms with Crippen molar-refractivity contribution in [2.24, 2.45) is 0 Å². The molecule has 0 radical (unpaired) electrons. The summed E-state index contributed by atoms with van der Waals surface area (Å²) in [5.41, 5.74) is 3.09. The number of carbonyl (C=O) groups excluding carboxylic acids is 1. The number of hydrogen-bond donors (Lipinski definition) is 1. The molecule has 1 N–H and O–H groups in total. The summed E-state index contributed by atoms with van der Waals surface area (Å²) >= 11 is 0. The van der Waals surface area contributed by atoms with E-state index < -0.39 is 0 Å². The number of hydrogen-bond acceptors (Lipinski definition) is 3. The molecule has 0 spiro atoms. The van der Waals surface area contributed by atoms with E-state index >= 15 is 0 Å². The van der Waals surface area contributed by atoms with Gasteiger partial charge in [-0.3, -0.25) is 4.79 Å². The van der Waals surface area contributed by atoms with Crippen molar-refractivity contribution in [3.05, 3.63) is 66.0 Å². The fraction of sp³-hybridized carbons (Fsp3) is 0.333. The van der Waals surface area contributed by atoms with Gasteiger partial charge in [0.05, 0.1) is 17.1 Å². The van der Waals surface area contributed by atoms with E-state index in [4.69, 9.17) is 9.72 Å². The topological polar surface area (TPSA) is 56.2 Å². The summed E-state index contributed by atoms with van der Waals surface area (Å²) in [6.07, 6.45) is 5.22. The largest absolute Gasteiger partial charge is 0.491 e. The molecule has 0 saturated carbocycles. The van der Waals surface area contributed by atoms with Crippen LogP contribution in [0.3, 0.4) is 0 Å². The van der Waals surface area contributed by atoms with E-state index in [-0.39, 0.29) is 12.0 Å². The van der Waals surface area contributed by atoms with Crippen molar-refractivity contribution < 1.29 is 9.53 Å². The maximum atomic E-state index is 12.2. The van der Waals surface area contributed by atoms with Gasteiger partial charge in [-0.05, 0) is 56.2 Å². The Hall–Kier alpha value is -3.08. The Morgan fingerprint density at radius 3 is 2.83 bits per heavy atom. The van der Waals surface area contributed by atoms with E-state index in [2.05, 4.69) is 22.9 Å². The van der Waals surface area contributed by atoms with E-state index in [1.54, 1.807) is 12.2 Å². The summed E-state index contributed by atoms with van der Waals surface area (Å²) in [5.74, 6) is 1.70. The molecule has 0 aliphatic heterocycles. The van der Waals surface area contributed by atoms with Crippen LogP contribution in [0.15, 0.2) is 54.6 Å². The SMILES string of the molecule is CCCn1c(CCNC(=O)/C=C/c2cccc(OC(C)C)c2)nc2ccccc21. The summed E-state index contributed by atoms with van der Waals surface area (Å²) < 4.78 is 7.94. The molecule has 0 aliphatic carbocycles. The van der Waals surface area contributed by atoms with Crippen molar-refractivity contribution >= 4 is 23.0 Å². The first-order valence-corrected chi connectivity index (χ1v) is 10.2. The van der Waals surface area contributed by atoms with Gasteiger partial charge in [-0.2, -0.15) is 0 Å². The van der Waals surface area contributed by atoms with Gasteiger partial charge >= 0.3 is 0 Å². The molecule has 29 heavy (non-hydrogen) atoms. The smallest absolute Gasteiger partial charge is 0.244 e. The zero-order valence-corrected chi connectivity index (χ0v) is 17.4. The quantitative estimate of drug-likeness (QED) is 0.542. The van der Waals surface area contributed by atoms with Crippen LogP contribution in [-0.4, -0.2) is 28.1 Å². The lowest BCUT2D eigenvalue weighted by Gasteiger charge is -2.09. The van der Waals surface area contributed by atoms with Crippen LogP contribution >= 0.6 is 0 Å². The van der Waals surface area contributed by atoms with Crippen LogP contribution in [-0.2, 0) is 17.8 Å². The third kappa shape index (κ3) is 5.70. The molecule has 0 bridgehead atoms. The highest BCUT2D eigenvalue weighted by molar-refractivity contribution is 5.91. The fourth-order valence-corrected chi connectivity index (χ4v) is 3.28. The van der Waals surface area contributed by atoms with Crippen LogP contribution < -0.4 is 10.1 Å². The first-order chi connectivity index (χ1) is 14.1. The lowest BCUT2D eigenvalue weighted by atomic mass is 10.2. The maximum Gasteiger partial charge on any atom is 0.244 e. The van der Waals surface area contributed by atoms with Gasteiger partial charge in [0.25, 0.3) is 0 Å². The highest BCUT2D eigenvalue weighted by Crippen LogP contribution is 2.17. The minimum Gasteiger partial charge on any atom is -0.491 e. The molecule has 1 aromatic heterocycles. The summed E-state index contributed by atoms with van der Waals surface area (Å²) in [7, 11) is 0. The monoisotopic (exact) mass is 391 g/mol. The molecule has 0 atom stereocenters. The van der Waals surface area contributed by atoms with Crippen LogP contribution in [0, 0.1) is 0 Å². The molecule has 5 heteroatoms. The van der Waals surface area contributed by atoms with Gasteiger partial charge in [0.1, 0.15) is 11.6 Å². The number of amides is 1. The number of ether oxygens (including phenoxy) is 1. The molecule has 5 nitrogen and oxygen atoms in total. The molecule has 2 aromatic carbocycles. The third-order valence-corrected chi connectivity index (χ3v) is 4.49. The average molecular weight is 392 g/mol. The van der Waals surface area contributed by atoms with Gasteiger partial charge in [0.15, 0.2) is 0 Å². The second-order valence-corrected chi connectivity index (χ2v) is 7.28. The molecule has 0 aliphatic rings. The number of para-hydroxylation sites is 2. The predicted molar refractivity (Wildman–Crippen MR) is 118 cm³/mol. The molecular weight excluding hydrogens is 362 g/mol.